The van der Waals surface area contributed by atoms with E-state index < -0.39 is 0 Å². The molecule has 4 nitrogen and oxygen atoms in total. The highest BCUT2D eigenvalue weighted by Gasteiger charge is 2.21. The van der Waals surface area contributed by atoms with E-state index >= 15 is 0 Å². The van der Waals surface area contributed by atoms with E-state index in [0.29, 0.717) is 12.1 Å². The van der Waals surface area contributed by atoms with Gasteiger partial charge in [-0.05, 0) is 13.8 Å². The largest absolute Gasteiger partial charge is 0.352 e. The van der Waals surface area contributed by atoms with Crippen LogP contribution >= 0.6 is 0 Å². The summed E-state index contributed by atoms with van der Waals surface area (Å²) in [6.07, 6.45) is 5.27. The number of nitrogens with zero attached hydrogens (tertiary/aromatic N) is 3. The number of rotatable bonds is 1. The van der Waals surface area contributed by atoms with Crippen LogP contribution in [-0.2, 0) is 0 Å². The average molecular weight is 192 g/mol. The Labute approximate surface area is 84.4 Å². The van der Waals surface area contributed by atoms with Crippen LogP contribution < -0.4 is 10.2 Å². The Kier molecular flexibility index (Phi) is 2.63. The maximum absolute atomic E-state index is 4.31. The van der Waals surface area contributed by atoms with Gasteiger partial charge >= 0.3 is 0 Å². The summed E-state index contributed by atoms with van der Waals surface area (Å²) in [6, 6.07) is 1.03. The monoisotopic (exact) mass is 192 g/mol. The van der Waals surface area contributed by atoms with E-state index in [1.165, 1.54) is 0 Å². The fourth-order valence-corrected chi connectivity index (χ4v) is 1.97. The van der Waals surface area contributed by atoms with E-state index in [4.69, 9.17) is 0 Å². The van der Waals surface area contributed by atoms with E-state index in [1.807, 2.05) is 6.20 Å². The highest BCUT2D eigenvalue weighted by atomic mass is 15.3. The number of hydrogen-bond donors (Lipinski definition) is 1. The summed E-state index contributed by atoms with van der Waals surface area (Å²) in [5.74, 6) is 0.979. The lowest BCUT2D eigenvalue weighted by Crippen LogP contribution is -2.54. The van der Waals surface area contributed by atoms with Crippen molar-refractivity contribution >= 4 is 5.82 Å². The summed E-state index contributed by atoms with van der Waals surface area (Å²) in [6.45, 7) is 6.39. The second kappa shape index (κ2) is 3.92. The molecule has 0 amide bonds. The van der Waals surface area contributed by atoms with Crippen molar-refractivity contribution in [2.24, 2.45) is 0 Å². The van der Waals surface area contributed by atoms with Crippen molar-refractivity contribution < 1.29 is 0 Å². The first kappa shape index (κ1) is 9.40. The SMILES string of the molecule is CC1CN(c2cnccn2)CC(C)N1. The second-order valence-corrected chi connectivity index (χ2v) is 3.94. The molecule has 2 atom stereocenters. The van der Waals surface area contributed by atoms with Crippen LogP contribution in [0.1, 0.15) is 13.8 Å². The molecule has 1 N–H and O–H groups in total. The summed E-state index contributed by atoms with van der Waals surface area (Å²) in [5, 5.41) is 3.49. The third kappa shape index (κ3) is 2.01. The fourth-order valence-electron chi connectivity index (χ4n) is 1.97. The number of aromatic nitrogens is 2. The highest BCUT2D eigenvalue weighted by Crippen LogP contribution is 2.12. The van der Waals surface area contributed by atoms with Crippen LogP contribution in [0.3, 0.4) is 0 Å². The standard InChI is InChI=1S/C10H16N4/c1-8-6-14(7-9(2)13-8)10-5-11-3-4-12-10/h3-5,8-9,13H,6-7H2,1-2H3. The normalized spacial score (nSPS) is 27.7. The van der Waals surface area contributed by atoms with Crippen LogP contribution in [0.25, 0.3) is 0 Å². The molecule has 0 saturated carbocycles. The quantitative estimate of drug-likeness (QED) is 0.710. The lowest BCUT2D eigenvalue weighted by molar-refractivity contribution is 0.405. The van der Waals surface area contributed by atoms with Crippen LogP contribution in [-0.4, -0.2) is 35.1 Å². The highest BCUT2D eigenvalue weighted by molar-refractivity contribution is 5.36. The van der Waals surface area contributed by atoms with E-state index in [0.717, 1.165) is 18.9 Å². The zero-order valence-corrected chi connectivity index (χ0v) is 8.64. The molecule has 0 aromatic carbocycles. The zero-order valence-electron chi connectivity index (χ0n) is 8.64. The maximum Gasteiger partial charge on any atom is 0.147 e. The molecule has 2 rings (SSSR count). The number of piperazine rings is 1. The Morgan fingerprint density at radius 2 is 2.00 bits per heavy atom. The van der Waals surface area contributed by atoms with E-state index in [1.54, 1.807) is 12.4 Å². The predicted molar refractivity (Wildman–Crippen MR) is 56.3 cm³/mol. The average Bonchev–Trinajstić information content (AvgIpc) is 2.18. The van der Waals surface area contributed by atoms with Gasteiger partial charge in [0.1, 0.15) is 5.82 Å². The van der Waals surface area contributed by atoms with Crippen molar-refractivity contribution in [1.29, 1.82) is 0 Å². The van der Waals surface area contributed by atoms with Gasteiger partial charge in [-0.1, -0.05) is 0 Å². The van der Waals surface area contributed by atoms with Gasteiger partial charge in [-0.3, -0.25) is 4.98 Å². The Morgan fingerprint density at radius 3 is 2.57 bits per heavy atom. The smallest absolute Gasteiger partial charge is 0.147 e. The molecule has 0 spiro atoms. The molecule has 14 heavy (non-hydrogen) atoms. The van der Waals surface area contributed by atoms with E-state index in [-0.39, 0.29) is 0 Å². The molecule has 1 aromatic rings. The molecular formula is C10H16N4. The Hall–Kier alpha value is -1.16. The Morgan fingerprint density at radius 1 is 1.29 bits per heavy atom. The van der Waals surface area contributed by atoms with Gasteiger partial charge in [-0.2, -0.15) is 0 Å². The lowest BCUT2D eigenvalue weighted by atomic mass is 10.1. The van der Waals surface area contributed by atoms with Gasteiger partial charge in [-0.15, -0.1) is 0 Å². The molecule has 2 heterocycles. The predicted octanol–water partition coefficient (Wildman–Crippen LogP) is 0.663. The van der Waals surface area contributed by atoms with Gasteiger partial charge in [0.2, 0.25) is 0 Å². The Bertz CT molecular complexity index is 277. The van der Waals surface area contributed by atoms with Gasteiger partial charge in [0, 0.05) is 37.6 Å². The minimum Gasteiger partial charge on any atom is -0.352 e. The van der Waals surface area contributed by atoms with Gasteiger partial charge in [0.25, 0.3) is 0 Å². The van der Waals surface area contributed by atoms with Crippen molar-refractivity contribution in [1.82, 2.24) is 15.3 Å². The Balaban J connectivity index is 2.11. The molecule has 1 saturated heterocycles. The summed E-state index contributed by atoms with van der Waals surface area (Å²) < 4.78 is 0. The van der Waals surface area contributed by atoms with Crippen LogP contribution in [0.2, 0.25) is 0 Å². The van der Waals surface area contributed by atoms with Crippen molar-refractivity contribution in [3.8, 4) is 0 Å². The van der Waals surface area contributed by atoms with Crippen LogP contribution in [0.5, 0.6) is 0 Å². The first-order valence-electron chi connectivity index (χ1n) is 5.02. The van der Waals surface area contributed by atoms with Crippen molar-refractivity contribution in [2.75, 3.05) is 18.0 Å². The molecule has 76 valence electrons. The topological polar surface area (TPSA) is 41.1 Å². The maximum atomic E-state index is 4.31. The fraction of sp³-hybridized carbons (Fsp3) is 0.600. The van der Waals surface area contributed by atoms with Crippen LogP contribution in [0.4, 0.5) is 5.82 Å². The molecule has 1 fully saturated rings. The van der Waals surface area contributed by atoms with Gasteiger partial charge < -0.3 is 10.2 Å². The molecule has 1 aliphatic rings. The molecule has 0 bridgehead atoms. The van der Waals surface area contributed by atoms with Crippen LogP contribution in [0, 0.1) is 0 Å². The molecule has 0 radical (unpaired) electrons. The van der Waals surface area contributed by atoms with Crippen molar-refractivity contribution in [3.05, 3.63) is 18.6 Å². The number of nitrogens with one attached hydrogen (secondary N) is 1. The summed E-state index contributed by atoms with van der Waals surface area (Å²) >= 11 is 0. The third-order valence-corrected chi connectivity index (χ3v) is 2.43. The molecule has 1 aromatic heterocycles. The molecule has 2 unspecified atom stereocenters. The second-order valence-electron chi connectivity index (χ2n) is 3.94. The summed E-state index contributed by atoms with van der Waals surface area (Å²) in [5.41, 5.74) is 0. The zero-order chi connectivity index (χ0) is 9.97. The molecule has 4 heteroatoms. The minimum atomic E-state index is 0.515. The first-order chi connectivity index (χ1) is 6.75. The van der Waals surface area contributed by atoms with E-state index in [2.05, 4.69) is 34.0 Å². The van der Waals surface area contributed by atoms with E-state index in [9.17, 15) is 0 Å². The number of anilines is 1. The lowest BCUT2D eigenvalue weighted by Gasteiger charge is -2.36. The van der Waals surface area contributed by atoms with Crippen molar-refractivity contribution in [3.63, 3.8) is 0 Å². The minimum absolute atomic E-state index is 0.515. The third-order valence-electron chi connectivity index (χ3n) is 2.43. The van der Waals surface area contributed by atoms with Gasteiger partial charge in [-0.25, -0.2) is 4.98 Å². The molecule has 1 aliphatic heterocycles. The van der Waals surface area contributed by atoms with Crippen molar-refractivity contribution in [2.45, 2.75) is 25.9 Å². The first-order valence-corrected chi connectivity index (χ1v) is 5.02. The number of hydrogen-bond acceptors (Lipinski definition) is 4. The molecule has 0 aliphatic carbocycles. The summed E-state index contributed by atoms with van der Waals surface area (Å²) in [4.78, 5) is 10.7. The van der Waals surface area contributed by atoms with Gasteiger partial charge in [0.05, 0.1) is 6.20 Å². The summed E-state index contributed by atoms with van der Waals surface area (Å²) in [7, 11) is 0. The molecular weight excluding hydrogens is 176 g/mol. The van der Waals surface area contributed by atoms with Gasteiger partial charge in [0.15, 0.2) is 0 Å². The van der Waals surface area contributed by atoms with Crippen LogP contribution in [0.15, 0.2) is 18.6 Å².